The quantitative estimate of drug-likeness (QED) is 0.596. The molecule has 2 saturated heterocycles. The van der Waals surface area contributed by atoms with Crippen molar-refractivity contribution in [2.24, 2.45) is 11.8 Å². The first-order valence-electron chi connectivity index (χ1n) is 8.99. The molecule has 0 aromatic heterocycles. The van der Waals surface area contributed by atoms with Gasteiger partial charge in [0.05, 0.1) is 38.3 Å². The molecule has 3 aliphatic rings. The van der Waals surface area contributed by atoms with Gasteiger partial charge in [0.15, 0.2) is 0 Å². The van der Waals surface area contributed by atoms with Gasteiger partial charge in [-0.1, -0.05) is 24.3 Å². The maximum absolute atomic E-state index is 13.2. The van der Waals surface area contributed by atoms with Gasteiger partial charge < -0.3 is 19.1 Å². The number of amides is 1. The number of likely N-dealkylation sites (tertiary alicyclic amines) is 1. The van der Waals surface area contributed by atoms with Crippen molar-refractivity contribution in [3.8, 4) is 5.75 Å². The van der Waals surface area contributed by atoms with Gasteiger partial charge >= 0.3 is 5.97 Å². The molecule has 1 aromatic carbocycles. The molecule has 1 aromatic rings. The van der Waals surface area contributed by atoms with E-state index in [1.165, 1.54) is 0 Å². The lowest BCUT2D eigenvalue weighted by Gasteiger charge is -2.27. The average Bonchev–Trinajstić information content (AvgIpc) is 3.29. The van der Waals surface area contributed by atoms with Crippen LogP contribution in [0.15, 0.2) is 36.4 Å². The third-order valence-electron chi connectivity index (χ3n) is 5.75. The van der Waals surface area contributed by atoms with E-state index >= 15 is 0 Å². The number of benzene rings is 1. The van der Waals surface area contributed by atoms with Crippen LogP contribution in [-0.2, 0) is 19.1 Å². The Morgan fingerprint density at radius 3 is 2.77 bits per heavy atom. The SMILES string of the molecule is CCOC(=O)[C@@H]1[C@H]2C(=O)N([C@H](C)c3ccc(OC)cc3)C[C@]23C=C[C@H]1O3. The highest BCUT2D eigenvalue weighted by Gasteiger charge is 2.67. The van der Waals surface area contributed by atoms with E-state index in [2.05, 4.69) is 0 Å². The zero-order chi connectivity index (χ0) is 18.5. The van der Waals surface area contributed by atoms with Crippen LogP contribution in [0.1, 0.15) is 25.5 Å². The van der Waals surface area contributed by atoms with Crippen LogP contribution in [0.25, 0.3) is 0 Å². The van der Waals surface area contributed by atoms with Crippen molar-refractivity contribution in [3.63, 3.8) is 0 Å². The van der Waals surface area contributed by atoms with Crippen molar-refractivity contribution in [2.45, 2.75) is 31.6 Å². The summed E-state index contributed by atoms with van der Waals surface area (Å²) in [6, 6.07) is 7.57. The molecule has 6 nitrogen and oxygen atoms in total. The molecule has 5 atom stereocenters. The van der Waals surface area contributed by atoms with Gasteiger partial charge in [0.1, 0.15) is 17.3 Å². The average molecular weight is 357 g/mol. The van der Waals surface area contributed by atoms with Crippen LogP contribution in [-0.4, -0.2) is 48.7 Å². The van der Waals surface area contributed by atoms with Crippen molar-refractivity contribution in [1.29, 1.82) is 0 Å². The van der Waals surface area contributed by atoms with E-state index in [1.54, 1.807) is 14.0 Å². The molecule has 0 radical (unpaired) electrons. The molecule has 2 fully saturated rings. The summed E-state index contributed by atoms with van der Waals surface area (Å²) < 4.78 is 16.5. The Balaban J connectivity index is 1.60. The lowest BCUT2D eigenvalue weighted by Crippen LogP contribution is -2.40. The highest BCUT2D eigenvalue weighted by Crippen LogP contribution is 2.53. The maximum atomic E-state index is 13.2. The van der Waals surface area contributed by atoms with Crippen LogP contribution in [0.5, 0.6) is 5.75 Å². The molecule has 2 bridgehead atoms. The number of hydrogen-bond acceptors (Lipinski definition) is 5. The Bertz CT molecular complexity index is 758. The fraction of sp³-hybridized carbons (Fsp3) is 0.500. The van der Waals surface area contributed by atoms with E-state index in [1.807, 2.05) is 48.2 Å². The third-order valence-corrected chi connectivity index (χ3v) is 5.75. The molecule has 0 unspecified atom stereocenters. The number of methoxy groups -OCH3 is 1. The second-order valence-electron chi connectivity index (χ2n) is 7.07. The summed E-state index contributed by atoms with van der Waals surface area (Å²) in [5.74, 6) is -0.673. The molecule has 6 heteroatoms. The second kappa shape index (κ2) is 6.13. The van der Waals surface area contributed by atoms with E-state index in [4.69, 9.17) is 14.2 Å². The summed E-state index contributed by atoms with van der Waals surface area (Å²) in [5.41, 5.74) is 0.307. The van der Waals surface area contributed by atoms with Gasteiger partial charge in [-0.2, -0.15) is 0 Å². The van der Waals surface area contributed by atoms with Crippen LogP contribution in [0.2, 0.25) is 0 Å². The molecule has 1 amide bonds. The molecule has 0 N–H and O–H groups in total. The Morgan fingerprint density at radius 2 is 2.12 bits per heavy atom. The highest BCUT2D eigenvalue weighted by molar-refractivity contribution is 5.91. The summed E-state index contributed by atoms with van der Waals surface area (Å²) >= 11 is 0. The van der Waals surface area contributed by atoms with Crippen LogP contribution < -0.4 is 4.74 Å². The number of fused-ring (bicyclic) bond motifs is 1. The Labute approximate surface area is 152 Å². The summed E-state index contributed by atoms with van der Waals surface area (Å²) in [4.78, 5) is 27.4. The van der Waals surface area contributed by atoms with Gasteiger partial charge in [-0.05, 0) is 31.5 Å². The number of ether oxygens (including phenoxy) is 3. The fourth-order valence-corrected chi connectivity index (χ4v) is 4.43. The second-order valence-corrected chi connectivity index (χ2v) is 7.07. The number of rotatable bonds is 5. The zero-order valence-electron chi connectivity index (χ0n) is 15.2. The number of carbonyl (C=O) groups is 2. The van der Waals surface area contributed by atoms with Crippen molar-refractivity contribution in [1.82, 2.24) is 4.90 Å². The van der Waals surface area contributed by atoms with E-state index in [0.717, 1.165) is 11.3 Å². The first kappa shape index (κ1) is 17.1. The summed E-state index contributed by atoms with van der Waals surface area (Å²) in [6.07, 6.45) is 3.49. The van der Waals surface area contributed by atoms with Crippen LogP contribution in [0.4, 0.5) is 0 Å². The van der Waals surface area contributed by atoms with Gasteiger partial charge in [-0.15, -0.1) is 0 Å². The summed E-state index contributed by atoms with van der Waals surface area (Å²) in [6.45, 7) is 4.51. The van der Waals surface area contributed by atoms with Crippen LogP contribution in [0, 0.1) is 11.8 Å². The molecule has 138 valence electrons. The molecule has 26 heavy (non-hydrogen) atoms. The summed E-state index contributed by atoms with van der Waals surface area (Å²) in [5, 5.41) is 0. The first-order valence-corrected chi connectivity index (χ1v) is 8.99. The summed E-state index contributed by atoms with van der Waals surface area (Å²) in [7, 11) is 1.62. The maximum Gasteiger partial charge on any atom is 0.312 e. The monoisotopic (exact) mass is 357 g/mol. The highest BCUT2D eigenvalue weighted by atomic mass is 16.6. The van der Waals surface area contributed by atoms with E-state index in [9.17, 15) is 9.59 Å². The molecule has 0 saturated carbocycles. The minimum absolute atomic E-state index is 0.0433. The van der Waals surface area contributed by atoms with E-state index in [0.29, 0.717) is 13.2 Å². The van der Waals surface area contributed by atoms with Crippen LogP contribution in [0.3, 0.4) is 0 Å². The smallest absolute Gasteiger partial charge is 0.312 e. The van der Waals surface area contributed by atoms with Gasteiger partial charge in [0, 0.05) is 0 Å². The molecule has 3 heterocycles. The fourth-order valence-electron chi connectivity index (χ4n) is 4.43. The Kier molecular flexibility index (Phi) is 4.03. The van der Waals surface area contributed by atoms with Gasteiger partial charge in [-0.3, -0.25) is 9.59 Å². The standard InChI is InChI=1S/C20H23NO5/c1-4-25-19(23)16-15-9-10-20(26-15)11-21(18(22)17(16)20)12(2)13-5-7-14(24-3)8-6-13/h5-10,12,15-17H,4,11H2,1-3H3/t12-,15-,16+,17+,20-/m1/s1. The predicted molar refractivity (Wildman–Crippen MR) is 93.5 cm³/mol. The van der Waals surface area contributed by atoms with Crippen molar-refractivity contribution in [2.75, 3.05) is 20.3 Å². The molecule has 3 aliphatic heterocycles. The minimum Gasteiger partial charge on any atom is -0.497 e. The molecular formula is C20H23NO5. The number of esters is 1. The van der Waals surface area contributed by atoms with Crippen molar-refractivity contribution < 1.29 is 23.8 Å². The van der Waals surface area contributed by atoms with E-state index in [-0.39, 0.29) is 24.0 Å². The minimum atomic E-state index is -0.708. The van der Waals surface area contributed by atoms with Crippen LogP contribution >= 0.6 is 0 Å². The van der Waals surface area contributed by atoms with Gasteiger partial charge in [0.2, 0.25) is 5.91 Å². The van der Waals surface area contributed by atoms with E-state index < -0.39 is 17.4 Å². The number of carbonyl (C=O) groups excluding carboxylic acids is 2. The normalized spacial score (nSPS) is 32.7. The molecule has 0 aliphatic carbocycles. The lowest BCUT2D eigenvalue weighted by molar-refractivity contribution is -0.153. The number of hydrogen-bond donors (Lipinski definition) is 0. The molecule has 1 spiro atoms. The largest absolute Gasteiger partial charge is 0.497 e. The third kappa shape index (κ3) is 2.35. The molecular weight excluding hydrogens is 334 g/mol. The Morgan fingerprint density at radius 1 is 1.38 bits per heavy atom. The predicted octanol–water partition coefficient (Wildman–Crippen LogP) is 2.10. The zero-order valence-corrected chi connectivity index (χ0v) is 15.2. The van der Waals surface area contributed by atoms with Gasteiger partial charge in [0.25, 0.3) is 0 Å². The van der Waals surface area contributed by atoms with Crippen molar-refractivity contribution >= 4 is 11.9 Å². The van der Waals surface area contributed by atoms with Crippen molar-refractivity contribution in [3.05, 3.63) is 42.0 Å². The molecule has 4 rings (SSSR count). The number of nitrogens with zero attached hydrogens (tertiary/aromatic N) is 1. The van der Waals surface area contributed by atoms with Gasteiger partial charge in [-0.25, -0.2) is 0 Å². The lowest BCUT2D eigenvalue weighted by atomic mass is 9.77. The topological polar surface area (TPSA) is 65.1 Å². The first-order chi connectivity index (χ1) is 12.5. The Hall–Kier alpha value is -2.34.